The fraction of sp³-hybridized carbons (Fsp3) is 0.538. The molecule has 1 unspecified atom stereocenters. The zero-order valence-electron chi connectivity index (χ0n) is 20.5. The normalized spacial score (nSPS) is 20.2. The van der Waals surface area contributed by atoms with E-state index in [4.69, 9.17) is 21.3 Å². The van der Waals surface area contributed by atoms with Crippen molar-refractivity contribution in [3.05, 3.63) is 34.7 Å². The van der Waals surface area contributed by atoms with Gasteiger partial charge in [-0.2, -0.15) is 0 Å². The van der Waals surface area contributed by atoms with Crippen molar-refractivity contribution in [3.63, 3.8) is 0 Å². The second-order valence-corrected chi connectivity index (χ2v) is 11.4. The Labute approximate surface area is 215 Å². The van der Waals surface area contributed by atoms with Crippen molar-refractivity contribution in [1.29, 1.82) is 0 Å². The van der Waals surface area contributed by atoms with E-state index in [9.17, 15) is 14.4 Å². The summed E-state index contributed by atoms with van der Waals surface area (Å²) < 4.78 is 5.55. The number of benzene rings is 1. The van der Waals surface area contributed by atoms with Crippen molar-refractivity contribution in [2.24, 2.45) is 0 Å². The van der Waals surface area contributed by atoms with Gasteiger partial charge < -0.3 is 9.64 Å². The summed E-state index contributed by atoms with van der Waals surface area (Å²) in [6, 6.07) is 6.50. The summed E-state index contributed by atoms with van der Waals surface area (Å²) in [7, 11) is 0. The molecule has 0 N–H and O–H groups in total. The fourth-order valence-corrected chi connectivity index (χ4v) is 5.93. The smallest absolute Gasteiger partial charge is 0.308 e. The number of carbonyl (C=O) groups excluding carboxylic acids is 3. The summed E-state index contributed by atoms with van der Waals surface area (Å²) in [5.41, 5.74) is 0.810. The van der Waals surface area contributed by atoms with Crippen LogP contribution in [0.2, 0.25) is 5.02 Å². The second-order valence-electron chi connectivity index (χ2n) is 10.1. The number of hydrogen-bond acceptors (Lipinski definition) is 6. The first-order valence-corrected chi connectivity index (χ1v) is 13.4. The maximum Gasteiger partial charge on any atom is 0.308 e. The molecule has 1 aliphatic carbocycles. The van der Waals surface area contributed by atoms with E-state index in [1.807, 2.05) is 23.6 Å². The lowest BCUT2D eigenvalue weighted by molar-refractivity contribution is -0.159. The van der Waals surface area contributed by atoms with Gasteiger partial charge in [-0.3, -0.25) is 19.3 Å². The van der Waals surface area contributed by atoms with Crippen LogP contribution in [0, 0.1) is 0 Å². The molecule has 4 rings (SSSR count). The third-order valence-corrected chi connectivity index (χ3v) is 7.51. The van der Waals surface area contributed by atoms with E-state index in [1.54, 1.807) is 36.6 Å². The minimum absolute atomic E-state index is 0.0335. The molecule has 1 saturated heterocycles. The van der Waals surface area contributed by atoms with E-state index in [1.165, 1.54) is 11.3 Å². The largest absolute Gasteiger partial charge is 0.460 e. The topological polar surface area (TPSA) is 79.8 Å². The van der Waals surface area contributed by atoms with Gasteiger partial charge in [-0.1, -0.05) is 42.6 Å². The maximum absolute atomic E-state index is 14.0. The van der Waals surface area contributed by atoms with Crippen molar-refractivity contribution in [3.8, 4) is 11.3 Å². The van der Waals surface area contributed by atoms with Crippen LogP contribution in [0.1, 0.15) is 65.7 Å². The van der Waals surface area contributed by atoms with Gasteiger partial charge in [0.05, 0.1) is 12.1 Å². The zero-order valence-corrected chi connectivity index (χ0v) is 22.0. The monoisotopic (exact) mass is 517 g/mol. The minimum Gasteiger partial charge on any atom is -0.460 e. The number of nitrogens with zero attached hydrogens (tertiary/aromatic N) is 3. The van der Waals surface area contributed by atoms with Gasteiger partial charge in [-0.15, -0.1) is 11.3 Å². The Kier molecular flexibility index (Phi) is 7.81. The highest BCUT2D eigenvalue weighted by Crippen LogP contribution is 2.34. The summed E-state index contributed by atoms with van der Waals surface area (Å²) >= 11 is 7.72. The molecule has 1 aliphatic heterocycles. The van der Waals surface area contributed by atoms with E-state index in [0.29, 0.717) is 35.2 Å². The molecule has 2 aliphatic rings. The molecule has 1 aromatic carbocycles. The predicted molar refractivity (Wildman–Crippen MR) is 137 cm³/mol. The number of rotatable bonds is 5. The third-order valence-electron chi connectivity index (χ3n) is 6.32. The average Bonchev–Trinajstić information content (AvgIpc) is 3.47. The van der Waals surface area contributed by atoms with Gasteiger partial charge in [0.1, 0.15) is 11.6 Å². The molecule has 1 atom stereocenters. The van der Waals surface area contributed by atoms with Crippen LogP contribution in [-0.4, -0.2) is 51.9 Å². The van der Waals surface area contributed by atoms with Gasteiger partial charge in [0.15, 0.2) is 5.13 Å². The van der Waals surface area contributed by atoms with Crippen LogP contribution >= 0.6 is 22.9 Å². The van der Waals surface area contributed by atoms with Gasteiger partial charge in [-0.25, -0.2) is 4.98 Å². The Bertz CT molecular complexity index is 1090. The molecule has 0 spiro atoms. The molecule has 1 saturated carbocycles. The van der Waals surface area contributed by atoms with Crippen LogP contribution in [0.3, 0.4) is 0 Å². The average molecular weight is 518 g/mol. The molecule has 2 aromatic rings. The number of carbonyl (C=O) groups is 3. The molecule has 188 valence electrons. The standard InChI is InChI=1S/C26H32ClN3O4S/c1-26(2,3)34-23(32)15-21-24(33)29(14-8-13-22(31)30(21)17-9-4-5-10-17)25-28-20(16-35-25)18-11-6-7-12-19(18)27/h6-7,11-12,16-17,21H,4-5,8-10,13-15H2,1-3H3. The minimum atomic E-state index is -0.909. The van der Waals surface area contributed by atoms with Crippen LogP contribution in [-0.2, 0) is 19.1 Å². The molecule has 9 heteroatoms. The maximum atomic E-state index is 14.0. The lowest BCUT2D eigenvalue weighted by Gasteiger charge is -2.39. The van der Waals surface area contributed by atoms with E-state index < -0.39 is 17.6 Å². The highest BCUT2D eigenvalue weighted by atomic mass is 35.5. The van der Waals surface area contributed by atoms with E-state index in [2.05, 4.69) is 0 Å². The first-order valence-electron chi connectivity index (χ1n) is 12.2. The number of hydrogen-bond donors (Lipinski definition) is 0. The number of halogens is 1. The Hall–Kier alpha value is -2.45. The first-order chi connectivity index (χ1) is 16.6. The summed E-state index contributed by atoms with van der Waals surface area (Å²) in [4.78, 5) is 48.1. The number of esters is 1. The Balaban J connectivity index is 1.66. The third kappa shape index (κ3) is 6.04. The SMILES string of the molecule is CC(C)(C)OC(=O)CC1C(=O)N(c2nc(-c3ccccc3Cl)cs2)CCCC(=O)N1C1CCCC1. The summed E-state index contributed by atoms with van der Waals surface area (Å²) in [6.07, 6.45) is 4.41. The number of ether oxygens (including phenoxy) is 1. The molecule has 35 heavy (non-hydrogen) atoms. The molecule has 2 heterocycles. The lowest BCUT2D eigenvalue weighted by atomic mass is 10.0. The van der Waals surface area contributed by atoms with Gasteiger partial charge in [0, 0.05) is 35.0 Å². The summed E-state index contributed by atoms with van der Waals surface area (Å²) in [5.74, 6) is -0.826. The van der Waals surface area contributed by atoms with Gasteiger partial charge in [0.2, 0.25) is 5.91 Å². The van der Waals surface area contributed by atoms with Crippen LogP contribution in [0.5, 0.6) is 0 Å². The van der Waals surface area contributed by atoms with Crippen molar-refractivity contribution < 1.29 is 19.1 Å². The highest BCUT2D eigenvalue weighted by molar-refractivity contribution is 7.14. The number of amides is 2. The fourth-order valence-electron chi connectivity index (χ4n) is 4.84. The summed E-state index contributed by atoms with van der Waals surface area (Å²) in [6.45, 7) is 5.75. The van der Waals surface area contributed by atoms with Crippen molar-refractivity contribution >= 4 is 45.9 Å². The molecule has 7 nitrogen and oxygen atoms in total. The highest BCUT2D eigenvalue weighted by Gasteiger charge is 2.42. The number of aromatic nitrogens is 1. The quantitative estimate of drug-likeness (QED) is 0.492. The molecule has 2 fully saturated rings. The van der Waals surface area contributed by atoms with Crippen LogP contribution in [0.25, 0.3) is 11.3 Å². The Morgan fingerprint density at radius 2 is 1.89 bits per heavy atom. The van der Waals surface area contributed by atoms with E-state index >= 15 is 0 Å². The van der Waals surface area contributed by atoms with Crippen LogP contribution in [0.4, 0.5) is 5.13 Å². The predicted octanol–water partition coefficient (Wildman–Crippen LogP) is 5.46. The van der Waals surface area contributed by atoms with E-state index in [0.717, 1.165) is 31.2 Å². The molecular formula is C26H32ClN3O4S. The zero-order chi connectivity index (χ0) is 25.2. The first kappa shape index (κ1) is 25.6. The Morgan fingerprint density at radius 1 is 1.17 bits per heavy atom. The molecule has 1 aromatic heterocycles. The second kappa shape index (κ2) is 10.7. The van der Waals surface area contributed by atoms with Gasteiger partial charge in [-0.05, 0) is 46.1 Å². The van der Waals surface area contributed by atoms with E-state index in [-0.39, 0.29) is 24.3 Å². The summed E-state index contributed by atoms with van der Waals surface area (Å²) in [5, 5.41) is 3.01. The van der Waals surface area contributed by atoms with Crippen molar-refractivity contribution in [1.82, 2.24) is 9.88 Å². The molecule has 2 amide bonds. The lowest BCUT2D eigenvalue weighted by Crippen LogP contribution is -2.57. The van der Waals surface area contributed by atoms with Crippen molar-refractivity contribution in [2.75, 3.05) is 11.4 Å². The van der Waals surface area contributed by atoms with Gasteiger partial charge >= 0.3 is 5.97 Å². The Morgan fingerprint density at radius 3 is 2.57 bits per heavy atom. The van der Waals surface area contributed by atoms with Crippen molar-refractivity contribution in [2.45, 2.75) is 83.4 Å². The van der Waals surface area contributed by atoms with Gasteiger partial charge in [0.25, 0.3) is 5.91 Å². The molecular weight excluding hydrogens is 486 g/mol. The van der Waals surface area contributed by atoms with Crippen LogP contribution in [0.15, 0.2) is 29.6 Å². The number of thiazole rings is 1. The number of anilines is 1. The van der Waals surface area contributed by atoms with Crippen LogP contribution < -0.4 is 4.90 Å². The molecule has 0 radical (unpaired) electrons. The molecule has 0 bridgehead atoms.